The molecule has 0 radical (unpaired) electrons. The van der Waals surface area contributed by atoms with Gasteiger partial charge >= 0.3 is 0 Å². The molecule has 0 unspecified atom stereocenters. The predicted octanol–water partition coefficient (Wildman–Crippen LogP) is 4.64. The first kappa shape index (κ1) is 26.7. The van der Waals surface area contributed by atoms with Crippen LogP contribution in [0.2, 0.25) is 0 Å². The second-order valence-corrected chi connectivity index (χ2v) is 10.4. The van der Waals surface area contributed by atoms with E-state index in [-0.39, 0.29) is 12.0 Å². The lowest BCUT2D eigenvalue weighted by molar-refractivity contribution is -0.132. The number of para-hydroxylation sites is 1. The molecule has 1 N–H and O–H groups in total. The van der Waals surface area contributed by atoms with Gasteiger partial charge in [-0.05, 0) is 62.1 Å². The molecule has 5 rings (SSSR count). The van der Waals surface area contributed by atoms with Crippen molar-refractivity contribution in [2.24, 2.45) is 0 Å². The highest BCUT2D eigenvalue weighted by atomic mass is 16.5. The Bertz CT molecular complexity index is 1430. The zero-order valence-corrected chi connectivity index (χ0v) is 23.0. The van der Waals surface area contributed by atoms with Gasteiger partial charge < -0.3 is 19.6 Å². The molecule has 1 fully saturated rings. The van der Waals surface area contributed by atoms with Gasteiger partial charge in [0.25, 0.3) is 0 Å². The van der Waals surface area contributed by atoms with Crippen molar-refractivity contribution in [1.29, 1.82) is 0 Å². The fourth-order valence-electron chi connectivity index (χ4n) is 5.26. The van der Waals surface area contributed by atoms with Crippen molar-refractivity contribution >= 4 is 22.6 Å². The number of piperidine rings is 1. The fraction of sp³-hybridized carbons (Fsp3) is 0.387. The molecule has 0 saturated carbocycles. The van der Waals surface area contributed by atoms with Gasteiger partial charge in [0.1, 0.15) is 11.6 Å². The maximum Gasteiger partial charge on any atom is 0.225 e. The van der Waals surface area contributed by atoms with E-state index in [0.29, 0.717) is 32.6 Å². The Labute approximate surface area is 229 Å². The lowest BCUT2D eigenvalue weighted by atomic mass is 10.0. The predicted molar refractivity (Wildman–Crippen MR) is 153 cm³/mol. The van der Waals surface area contributed by atoms with E-state index in [1.165, 1.54) is 0 Å². The van der Waals surface area contributed by atoms with Gasteiger partial charge in [0.2, 0.25) is 5.91 Å². The summed E-state index contributed by atoms with van der Waals surface area (Å²) in [4.78, 5) is 22.9. The number of aromatic nitrogens is 3. The molecular weight excluding hydrogens is 490 g/mol. The minimum atomic E-state index is -0.379. The van der Waals surface area contributed by atoms with Crippen LogP contribution in [0.5, 0.6) is 5.75 Å². The van der Waals surface area contributed by atoms with E-state index in [0.717, 1.165) is 64.2 Å². The van der Waals surface area contributed by atoms with E-state index in [2.05, 4.69) is 35.1 Å². The Kier molecular flexibility index (Phi) is 8.12. The average Bonchev–Trinajstić information content (AvgIpc) is 3.36. The zero-order chi connectivity index (χ0) is 27.4. The lowest BCUT2D eigenvalue weighted by Crippen LogP contribution is -2.40. The maximum atomic E-state index is 13.7. The number of pyridine rings is 1. The van der Waals surface area contributed by atoms with Gasteiger partial charge in [-0.15, -0.1) is 0 Å². The summed E-state index contributed by atoms with van der Waals surface area (Å²) in [5, 5.41) is 15.9. The molecule has 1 atom stereocenters. The largest absolute Gasteiger partial charge is 0.497 e. The van der Waals surface area contributed by atoms with Crippen LogP contribution in [0.25, 0.3) is 10.9 Å². The van der Waals surface area contributed by atoms with Crippen LogP contribution in [-0.4, -0.2) is 57.0 Å². The van der Waals surface area contributed by atoms with Crippen LogP contribution in [0, 0.1) is 13.8 Å². The molecular formula is C31H37N5O3. The average molecular weight is 528 g/mol. The number of ether oxygens (including phenoxy) is 1. The van der Waals surface area contributed by atoms with Gasteiger partial charge in [0.05, 0.1) is 24.4 Å². The third-order valence-electron chi connectivity index (χ3n) is 7.37. The molecule has 204 valence electrons. The number of β-amino-alcohol motifs (C(OH)–C–C–N with tert-alkyl or cyclic N) is 1. The summed E-state index contributed by atoms with van der Waals surface area (Å²) in [5.74, 6) is 1.68. The number of carbonyl (C=O) groups is 1. The van der Waals surface area contributed by atoms with Crippen molar-refractivity contribution in [3.63, 3.8) is 0 Å². The van der Waals surface area contributed by atoms with E-state index in [1.54, 1.807) is 7.11 Å². The molecule has 0 bridgehead atoms. The van der Waals surface area contributed by atoms with E-state index >= 15 is 0 Å². The van der Waals surface area contributed by atoms with E-state index in [4.69, 9.17) is 9.72 Å². The Morgan fingerprint density at radius 3 is 2.67 bits per heavy atom. The first-order valence-electron chi connectivity index (χ1n) is 13.6. The molecule has 1 aliphatic rings. The first-order chi connectivity index (χ1) is 18.9. The van der Waals surface area contributed by atoms with Crippen molar-refractivity contribution in [3.05, 3.63) is 83.2 Å². The number of hydrogen-bond acceptors (Lipinski definition) is 6. The minimum Gasteiger partial charge on any atom is -0.497 e. The Morgan fingerprint density at radius 2 is 1.95 bits per heavy atom. The second kappa shape index (κ2) is 11.9. The van der Waals surface area contributed by atoms with Gasteiger partial charge in [-0.2, -0.15) is 5.10 Å². The van der Waals surface area contributed by atoms with Crippen molar-refractivity contribution in [2.45, 2.75) is 58.8 Å². The molecule has 3 heterocycles. The van der Waals surface area contributed by atoms with Crippen LogP contribution < -0.4 is 9.64 Å². The molecule has 4 aromatic rings. The van der Waals surface area contributed by atoms with Crippen molar-refractivity contribution in [3.8, 4) is 5.75 Å². The number of amides is 1. The molecule has 8 nitrogen and oxygen atoms in total. The van der Waals surface area contributed by atoms with Crippen LogP contribution in [0.3, 0.4) is 0 Å². The number of methoxy groups -OCH3 is 1. The van der Waals surface area contributed by atoms with Gasteiger partial charge in [-0.3, -0.25) is 9.48 Å². The normalized spacial score (nSPS) is 15.5. The highest BCUT2D eigenvalue weighted by Crippen LogP contribution is 2.29. The topological polar surface area (TPSA) is 83.7 Å². The van der Waals surface area contributed by atoms with Gasteiger partial charge in [0.15, 0.2) is 0 Å². The van der Waals surface area contributed by atoms with Gasteiger partial charge in [-0.1, -0.05) is 30.3 Å². The summed E-state index contributed by atoms with van der Waals surface area (Å²) >= 11 is 0. The molecule has 1 amide bonds. The Morgan fingerprint density at radius 1 is 1.13 bits per heavy atom. The molecule has 1 saturated heterocycles. The van der Waals surface area contributed by atoms with E-state index in [9.17, 15) is 9.90 Å². The highest BCUT2D eigenvalue weighted by Gasteiger charge is 2.24. The fourth-order valence-corrected chi connectivity index (χ4v) is 5.26. The molecule has 39 heavy (non-hydrogen) atoms. The highest BCUT2D eigenvalue weighted by molar-refractivity contribution is 5.85. The molecule has 0 spiro atoms. The molecule has 8 heteroatoms. The number of anilines is 1. The monoisotopic (exact) mass is 527 g/mol. The smallest absolute Gasteiger partial charge is 0.225 e. The SMILES string of the molecule is COc1ccc(CN(Cc2cc3cccc(C)c3nc2N2CCC[C@@H](O)C2)C(=O)CCn2ccc(C)n2)cc1. The van der Waals surface area contributed by atoms with Crippen LogP contribution in [0.1, 0.15) is 41.6 Å². The summed E-state index contributed by atoms with van der Waals surface area (Å²) in [7, 11) is 1.65. The number of rotatable bonds is 9. The van der Waals surface area contributed by atoms with Crippen LogP contribution >= 0.6 is 0 Å². The van der Waals surface area contributed by atoms with Crippen LogP contribution in [-0.2, 0) is 24.4 Å². The number of aliphatic hydroxyl groups is 1. The minimum absolute atomic E-state index is 0.0490. The second-order valence-electron chi connectivity index (χ2n) is 10.4. The number of aliphatic hydroxyl groups excluding tert-OH is 1. The molecule has 0 aliphatic carbocycles. The van der Waals surface area contributed by atoms with Gasteiger partial charge in [0, 0.05) is 56.3 Å². The van der Waals surface area contributed by atoms with E-state index < -0.39 is 0 Å². The maximum absolute atomic E-state index is 13.7. The Balaban J connectivity index is 1.48. The number of nitrogens with zero attached hydrogens (tertiary/aromatic N) is 5. The van der Waals surface area contributed by atoms with Crippen molar-refractivity contribution < 1.29 is 14.6 Å². The Hall–Kier alpha value is -3.91. The molecule has 2 aromatic carbocycles. The van der Waals surface area contributed by atoms with Crippen molar-refractivity contribution in [1.82, 2.24) is 19.7 Å². The summed E-state index contributed by atoms with van der Waals surface area (Å²) in [6.45, 7) is 6.80. The molecule has 1 aliphatic heterocycles. The number of carbonyl (C=O) groups excluding carboxylic acids is 1. The van der Waals surface area contributed by atoms with E-state index in [1.807, 2.05) is 59.1 Å². The summed E-state index contributed by atoms with van der Waals surface area (Å²) in [5.41, 5.74) is 5.01. The van der Waals surface area contributed by atoms with Gasteiger partial charge in [-0.25, -0.2) is 4.98 Å². The number of aryl methyl sites for hydroxylation is 3. The first-order valence-corrected chi connectivity index (χ1v) is 13.6. The zero-order valence-electron chi connectivity index (χ0n) is 23.0. The van der Waals surface area contributed by atoms with Crippen LogP contribution in [0.15, 0.2) is 60.8 Å². The third-order valence-corrected chi connectivity index (χ3v) is 7.37. The van der Waals surface area contributed by atoms with Crippen molar-refractivity contribution in [2.75, 3.05) is 25.1 Å². The number of hydrogen-bond donors (Lipinski definition) is 1. The third kappa shape index (κ3) is 6.40. The lowest BCUT2D eigenvalue weighted by Gasteiger charge is -2.34. The summed E-state index contributed by atoms with van der Waals surface area (Å²) in [6, 6.07) is 18.1. The number of fused-ring (bicyclic) bond motifs is 1. The van der Waals surface area contributed by atoms with Crippen LogP contribution in [0.4, 0.5) is 5.82 Å². The summed E-state index contributed by atoms with van der Waals surface area (Å²) < 4.78 is 7.14. The standard InChI is InChI=1S/C31H37N5O3/c1-22-6-4-7-25-18-26(31(32-30(22)25)34-15-5-8-27(37)21-34)20-35(19-24-9-11-28(39-3)12-10-24)29(38)14-17-36-16-13-23(2)33-36/h4,6-7,9-13,16,18,27,37H,5,8,14-15,17,19-21H2,1-3H3/t27-/m1/s1. The summed E-state index contributed by atoms with van der Waals surface area (Å²) in [6.07, 6.45) is 3.58. The number of benzene rings is 2. The quantitative estimate of drug-likeness (QED) is 0.342. The molecule has 2 aromatic heterocycles.